The lowest BCUT2D eigenvalue weighted by Gasteiger charge is -2.07. The highest BCUT2D eigenvalue weighted by Crippen LogP contribution is 2.20. The van der Waals surface area contributed by atoms with Gasteiger partial charge < -0.3 is 5.32 Å². The number of nitrogens with zero attached hydrogens (tertiary/aromatic N) is 1. The third-order valence-electron chi connectivity index (χ3n) is 5.14. The molecule has 0 fully saturated rings. The van der Waals surface area contributed by atoms with Crippen molar-refractivity contribution >= 4 is 22.5 Å². The third kappa shape index (κ3) is 10.9. The van der Waals surface area contributed by atoms with Gasteiger partial charge in [-0.1, -0.05) is 86.6 Å². The molecule has 0 atom stereocenters. The largest absolute Gasteiger partial charge is 0.324 e. The SMILES string of the molecule is CCCCC/C=C\C/C=C\C/C=C\C/C=C\CCCC(=O)Nc1cccc2cccnc12. The molecule has 170 valence electrons. The molecular weight excluding hydrogens is 392 g/mol. The molecule has 2 rings (SSSR count). The summed E-state index contributed by atoms with van der Waals surface area (Å²) in [6.45, 7) is 2.24. The second-order valence-electron chi connectivity index (χ2n) is 7.91. The van der Waals surface area contributed by atoms with Crippen LogP contribution in [-0.4, -0.2) is 10.9 Å². The van der Waals surface area contributed by atoms with E-state index in [-0.39, 0.29) is 5.91 Å². The summed E-state index contributed by atoms with van der Waals surface area (Å²) in [6.07, 6.45) is 29.9. The average Bonchev–Trinajstić information content (AvgIpc) is 2.81. The van der Waals surface area contributed by atoms with Crippen LogP contribution in [0.2, 0.25) is 0 Å². The van der Waals surface area contributed by atoms with Gasteiger partial charge in [-0.05, 0) is 57.1 Å². The molecule has 1 amide bonds. The van der Waals surface area contributed by atoms with Crippen LogP contribution in [0.3, 0.4) is 0 Å². The number of allylic oxidation sites excluding steroid dienone is 8. The molecule has 1 aromatic heterocycles. The molecular formula is C29H38N2O. The summed E-state index contributed by atoms with van der Waals surface area (Å²) in [5, 5.41) is 4.03. The van der Waals surface area contributed by atoms with E-state index in [4.69, 9.17) is 0 Å². The Labute approximate surface area is 194 Å². The number of nitrogens with one attached hydrogen (secondary N) is 1. The Hall–Kier alpha value is -2.94. The molecule has 0 unspecified atom stereocenters. The van der Waals surface area contributed by atoms with E-state index in [1.807, 2.05) is 30.3 Å². The first kappa shape index (κ1) is 25.3. The van der Waals surface area contributed by atoms with Crippen molar-refractivity contribution in [2.45, 2.75) is 71.1 Å². The number of carbonyl (C=O) groups excluding carboxylic acids is 1. The lowest BCUT2D eigenvalue weighted by Crippen LogP contribution is -2.11. The molecule has 0 spiro atoms. The van der Waals surface area contributed by atoms with Crippen LogP contribution >= 0.6 is 0 Å². The number of hydrogen-bond acceptors (Lipinski definition) is 2. The van der Waals surface area contributed by atoms with Gasteiger partial charge in [0, 0.05) is 18.0 Å². The maximum Gasteiger partial charge on any atom is 0.224 e. The summed E-state index contributed by atoms with van der Waals surface area (Å²) < 4.78 is 0. The van der Waals surface area contributed by atoms with Crippen molar-refractivity contribution in [2.24, 2.45) is 0 Å². The van der Waals surface area contributed by atoms with E-state index in [9.17, 15) is 4.79 Å². The molecule has 0 saturated carbocycles. The Morgan fingerprint density at radius 1 is 0.812 bits per heavy atom. The molecule has 2 aromatic rings. The molecule has 0 aliphatic rings. The van der Waals surface area contributed by atoms with Crippen LogP contribution in [0.15, 0.2) is 85.1 Å². The minimum absolute atomic E-state index is 0.0408. The van der Waals surface area contributed by atoms with Crippen molar-refractivity contribution in [1.29, 1.82) is 0 Å². The van der Waals surface area contributed by atoms with Crippen molar-refractivity contribution in [3.8, 4) is 0 Å². The number of carbonyl (C=O) groups is 1. The molecule has 1 N–H and O–H groups in total. The van der Waals surface area contributed by atoms with Crippen molar-refractivity contribution in [3.63, 3.8) is 0 Å². The molecule has 0 radical (unpaired) electrons. The van der Waals surface area contributed by atoms with Gasteiger partial charge in [-0.3, -0.25) is 9.78 Å². The van der Waals surface area contributed by atoms with Gasteiger partial charge in [0.1, 0.15) is 0 Å². The van der Waals surface area contributed by atoms with E-state index < -0.39 is 0 Å². The van der Waals surface area contributed by atoms with Gasteiger partial charge in [0.15, 0.2) is 0 Å². The first-order chi connectivity index (χ1) is 15.8. The summed E-state index contributed by atoms with van der Waals surface area (Å²) in [4.78, 5) is 16.6. The first-order valence-electron chi connectivity index (χ1n) is 12.0. The zero-order chi connectivity index (χ0) is 22.7. The van der Waals surface area contributed by atoms with E-state index in [0.29, 0.717) is 6.42 Å². The molecule has 32 heavy (non-hydrogen) atoms. The van der Waals surface area contributed by atoms with E-state index in [0.717, 1.165) is 48.7 Å². The molecule has 0 aliphatic heterocycles. The number of aromatic nitrogens is 1. The standard InChI is InChI=1S/C29H38N2O/c1-2-3-4-5-6-7-8-9-10-11-12-13-14-15-16-17-18-24-28(32)31-27-23-19-21-26-22-20-25-30-29(26)27/h6-7,9-10,12-13,15-16,19-23,25H,2-5,8,11,14,17-18,24H2,1H3,(H,31,32)/b7-6-,10-9-,13-12-,16-15-. The minimum Gasteiger partial charge on any atom is -0.324 e. The van der Waals surface area contributed by atoms with Crippen molar-refractivity contribution in [2.75, 3.05) is 5.32 Å². The van der Waals surface area contributed by atoms with Gasteiger partial charge in [0.25, 0.3) is 0 Å². The fraction of sp³-hybridized carbons (Fsp3) is 0.379. The Balaban J connectivity index is 1.51. The molecule has 0 aliphatic carbocycles. The number of hydrogen-bond donors (Lipinski definition) is 1. The zero-order valence-corrected chi connectivity index (χ0v) is 19.5. The van der Waals surface area contributed by atoms with E-state index in [1.165, 1.54) is 25.7 Å². The fourth-order valence-electron chi connectivity index (χ4n) is 3.36. The van der Waals surface area contributed by atoms with Crippen molar-refractivity contribution in [1.82, 2.24) is 4.98 Å². The van der Waals surface area contributed by atoms with Crippen LogP contribution < -0.4 is 5.32 Å². The number of rotatable bonds is 15. The van der Waals surface area contributed by atoms with Gasteiger partial charge in [0.2, 0.25) is 5.91 Å². The van der Waals surface area contributed by atoms with Crippen LogP contribution in [0.5, 0.6) is 0 Å². The summed E-state index contributed by atoms with van der Waals surface area (Å²) in [6, 6.07) is 9.75. The lowest BCUT2D eigenvalue weighted by molar-refractivity contribution is -0.116. The average molecular weight is 431 g/mol. The number of para-hydroxylation sites is 1. The Bertz CT molecular complexity index is 903. The van der Waals surface area contributed by atoms with Gasteiger partial charge in [-0.15, -0.1) is 0 Å². The lowest BCUT2D eigenvalue weighted by atomic mass is 10.1. The molecule has 3 heteroatoms. The number of fused-ring (bicyclic) bond motifs is 1. The molecule has 1 aromatic carbocycles. The Kier molecular flexibility index (Phi) is 13.2. The molecule has 1 heterocycles. The number of unbranched alkanes of at least 4 members (excludes halogenated alkanes) is 4. The predicted molar refractivity (Wildman–Crippen MR) is 139 cm³/mol. The van der Waals surface area contributed by atoms with Crippen molar-refractivity contribution < 1.29 is 4.79 Å². The Morgan fingerprint density at radius 3 is 2.12 bits per heavy atom. The number of pyridine rings is 1. The summed E-state index contributed by atoms with van der Waals surface area (Å²) >= 11 is 0. The number of amides is 1. The highest BCUT2D eigenvalue weighted by atomic mass is 16.1. The maximum absolute atomic E-state index is 12.2. The van der Waals surface area contributed by atoms with Gasteiger partial charge in [0.05, 0.1) is 11.2 Å². The zero-order valence-electron chi connectivity index (χ0n) is 19.5. The van der Waals surface area contributed by atoms with E-state index in [1.54, 1.807) is 6.20 Å². The second kappa shape index (κ2) is 16.7. The minimum atomic E-state index is 0.0408. The van der Waals surface area contributed by atoms with Gasteiger partial charge >= 0.3 is 0 Å². The van der Waals surface area contributed by atoms with E-state index >= 15 is 0 Å². The quantitative estimate of drug-likeness (QED) is 0.228. The highest BCUT2D eigenvalue weighted by Gasteiger charge is 2.05. The van der Waals surface area contributed by atoms with Crippen LogP contribution in [-0.2, 0) is 4.79 Å². The Morgan fingerprint density at radius 2 is 1.44 bits per heavy atom. The van der Waals surface area contributed by atoms with Gasteiger partial charge in [-0.25, -0.2) is 0 Å². The molecule has 3 nitrogen and oxygen atoms in total. The normalized spacial score (nSPS) is 12.2. The number of anilines is 1. The monoisotopic (exact) mass is 430 g/mol. The third-order valence-corrected chi connectivity index (χ3v) is 5.14. The number of benzene rings is 1. The predicted octanol–water partition coefficient (Wildman–Crippen LogP) is 8.32. The molecule has 0 saturated heterocycles. The molecule has 0 bridgehead atoms. The topological polar surface area (TPSA) is 42.0 Å². The van der Waals surface area contributed by atoms with Gasteiger partial charge in [-0.2, -0.15) is 0 Å². The van der Waals surface area contributed by atoms with Crippen LogP contribution in [0.1, 0.15) is 71.1 Å². The fourth-order valence-corrected chi connectivity index (χ4v) is 3.36. The highest BCUT2D eigenvalue weighted by molar-refractivity contribution is 6.00. The maximum atomic E-state index is 12.2. The smallest absolute Gasteiger partial charge is 0.224 e. The van der Waals surface area contributed by atoms with Crippen LogP contribution in [0.4, 0.5) is 5.69 Å². The summed E-state index contributed by atoms with van der Waals surface area (Å²) in [5.74, 6) is 0.0408. The second-order valence-corrected chi connectivity index (χ2v) is 7.91. The van der Waals surface area contributed by atoms with E-state index in [2.05, 4.69) is 65.8 Å². The van der Waals surface area contributed by atoms with Crippen molar-refractivity contribution in [3.05, 3.63) is 85.1 Å². The summed E-state index contributed by atoms with van der Waals surface area (Å²) in [7, 11) is 0. The first-order valence-corrected chi connectivity index (χ1v) is 12.0. The van der Waals surface area contributed by atoms with Crippen LogP contribution in [0, 0.1) is 0 Å². The summed E-state index contributed by atoms with van der Waals surface area (Å²) in [5.41, 5.74) is 1.62. The van der Waals surface area contributed by atoms with Crippen LogP contribution in [0.25, 0.3) is 10.9 Å².